The first-order valence-corrected chi connectivity index (χ1v) is 11.8. The van der Waals surface area contributed by atoms with Gasteiger partial charge in [0.25, 0.3) is 0 Å². The van der Waals surface area contributed by atoms with Crippen molar-refractivity contribution in [1.29, 1.82) is 0 Å². The number of morpholine rings is 1. The van der Waals surface area contributed by atoms with Crippen LogP contribution in [0.15, 0.2) is 35.4 Å². The number of hydrogen-bond donors (Lipinski definition) is 1. The maximum absolute atomic E-state index is 13.1. The van der Waals surface area contributed by atoms with Gasteiger partial charge in [-0.15, -0.1) is 11.3 Å². The van der Waals surface area contributed by atoms with Crippen molar-refractivity contribution < 1.29 is 13.2 Å². The molecule has 2 aromatic heterocycles. The SMILES string of the molecule is Cc1nc(C)c(-c2ccnc(Nc3ccc(C)c(S(=O)(=O)N4CCOCC4)c3)n2)s1. The smallest absolute Gasteiger partial charge is 0.243 e. The van der Waals surface area contributed by atoms with Crippen LogP contribution in [0.3, 0.4) is 0 Å². The highest BCUT2D eigenvalue weighted by Gasteiger charge is 2.28. The number of benzene rings is 1. The lowest BCUT2D eigenvalue weighted by molar-refractivity contribution is 0.0730. The molecule has 0 aliphatic carbocycles. The van der Waals surface area contributed by atoms with Gasteiger partial charge in [0.05, 0.1) is 39.4 Å². The predicted octanol–water partition coefficient (Wildman–Crippen LogP) is 3.29. The van der Waals surface area contributed by atoms with Crippen LogP contribution in [0.5, 0.6) is 0 Å². The van der Waals surface area contributed by atoms with E-state index in [0.717, 1.165) is 21.3 Å². The van der Waals surface area contributed by atoms with Crippen LogP contribution < -0.4 is 5.32 Å². The molecule has 3 aromatic rings. The van der Waals surface area contributed by atoms with E-state index in [0.29, 0.717) is 43.5 Å². The number of aryl methyl sites for hydroxylation is 3. The summed E-state index contributed by atoms with van der Waals surface area (Å²) in [5.74, 6) is 0.400. The minimum Gasteiger partial charge on any atom is -0.379 e. The van der Waals surface area contributed by atoms with E-state index in [4.69, 9.17) is 4.74 Å². The maximum Gasteiger partial charge on any atom is 0.243 e. The third-order valence-electron chi connectivity index (χ3n) is 4.82. The number of rotatable bonds is 5. The van der Waals surface area contributed by atoms with E-state index in [1.54, 1.807) is 36.6 Å². The zero-order valence-corrected chi connectivity index (χ0v) is 18.7. The first kappa shape index (κ1) is 20.9. The molecule has 0 atom stereocenters. The molecule has 1 fully saturated rings. The Hall–Kier alpha value is -2.40. The van der Waals surface area contributed by atoms with Gasteiger partial charge in [-0.05, 0) is 44.5 Å². The highest BCUT2D eigenvalue weighted by Crippen LogP contribution is 2.29. The number of nitrogens with zero attached hydrogens (tertiary/aromatic N) is 4. The average molecular weight is 446 g/mol. The minimum absolute atomic E-state index is 0.277. The Kier molecular flexibility index (Phi) is 5.83. The van der Waals surface area contributed by atoms with Crippen molar-refractivity contribution in [3.8, 4) is 10.6 Å². The van der Waals surface area contributed by atoms with Crippen LogP contribution >= 0.6 is 11.3 Å². The summed E-state index contributed by atoms with van der Waals surface area (Å²) >= 11 is 1.58. The predicted molar refractivity (Wildman–Crippen MR) is 117 cm³/mol. The monoisotopic (exact) mass is 445 g/mol. The Morgan fingerprint density at radius 3 is 2.57 bits per heavy atom. The van der Waals surface area contributed by atoms with Crippen molar-refractivity contribution >= 4 is 33.0 Å². The van der Waals surface area contributed by atoms with Gasteiger partial charge in [0.1, 0.15) is 0 Å². The van der Waals surface area contributed by atoms with Gasteiger partial charge in [-0.2, -0.15) is 4.31 Å². The van der Waals surface area contributed by atoms with Crippen LogP contribution in [0.4, 0.5) is 11.6 Å². The van der Waals surface area contributed by atoms with Crippen LogP contribution in [-0.4, -0.2) is 54.0 Å². The summed E-state index contributed by atoms with van der Waals surface area (Å²) in [6.45, 7) is 7.25. The van der Waals surface area contributed by atoms with Gasteiger partial charge in [0.15, 0.2) is 0 Å². The van der Waals surface area contributed by atoms with Gasteiger partial charge in [0.2, 0.25) is 16.0 Å². The van der Waals surface area contributed by atoms with E-state index in [1.165, 1.54) is 4.31 Å². The normalized spacial score (nSPS) is 15.3. The molecule has 1 aliphatic rings. The summed E-state index contributed by atoms with van der Waals surface area (Å²) in [5.41, 5.74) is 3.01. The number of nitrogens with one attached hydrogen (secondary N) is 1. The molecule has 1 aliphatic heterocycles. The van der Waals surface area contributed by atoms with E-state index in [9.17, 15) is 8.42 Å². The quantitative estimate of drug-likeness (QED) is 0.643. The summed E-state index contributed by atoms with van der Waals surface area (Å²) in [6, 6.07) is 7.09. The summed E-state index contributed by atoms with van der Waals surface area (Å²) in [7, 11) is -3.60. The molecule has 0 spiro atoms. The van der Waals surface area contributed by atoms with Crippen LogP contribution in [-0.2, 0) is 14.8 Å². The fourth-order valence-corrected chi connectivity index (χ4v) is 5.87. The Morgan fingerprint density at radius 1 is 1.10 bits per heavy atom. The summed E-state index contributed by atoms with van der Waals surface area (Å²) in [5, 5.41) is 4.12. The van der Waals surface area contributed by atoms with E-state index < -0.39 is 10.0 Å². The third kappa shape index (κ3) is 4.22. The Bertz CT molecular complexity index is 1170. The summed E-state index contributed by atoms with van der Waals surface area (Å²) in [6.07, 6.45) is 1.68. The summed E-state index contributed by atoms with van der Waals surface area (Å²) < 4.78 is 32.9. The second-order valence-electron chi connectivity index (χ2n) is 7.03. The first-order valence-electron chi connectivity index (χ1n) is 9.57. The van der Waals surface area contributed by atoms with Crippen molar-refractivity contribution in [1.82, 2.24) is 19.3 Å². The second-order valence-corrected chi connectivity index (χ2v) is 10.1. The number of aromatic nitrogens is 3. The van der Waals surface area contributed by atoms with Crippen molar-refractivity contribution in [3.63, 3.8) is 0 Å². The van der Waals surface area contributed by atoms with Gasteiger partial charge in [0, 0.05) is 25.0 Å². The van der Waals surface area contributed by atoms with E-state index >= 15 is 0 Å². The summed E-state index contributed by atoms with van der Waals surface area (Å²) in [4.78, 5) is 14.6. The maximum atomic E-state index is 13.1. The van der Waals surface area contributed by atoms with Gasteiger partial charge < -0.3 is 10.1 Å². The molecule has 0 radical (unpaired) electrons. The molecular formula is C20H23N5O3S2. The molecule has 0 bridgehead atoms. The van der Waals surface area contributed by atoms with Gasteiger partial charge >= 0.3 is 0 Å². The molecule has 4 rings (SSSR count). The van der Waals surface area contributed by atoms with Crippen molar-refractivity contribution in [2.24, 2.45) is 0 Å². The standard InChI is InChI=1S/C20H23N5O3S2/c1-13-4-5-16(12-18(13)30(26,27)25-8-10-28-11-9-25)23-20-21-7-6-17(24-20)19-14(2)22-15(3)29-19/h4-7,12H,8-11H2,1-3H3,(H,21,23,24). The molecule has 8 nitrogen and oxygen atoms in total. The molecule has 158 valence electrons. The number of sulfonamides is 1. The highest BCUT2D eigenvalue weighted by molar-refractivity contribution is 7.89. The molecule has 0 unspecified atom stereocenters. The van der Waals surface area contributed by atoms with Crippen molar-refractivity contribution in [2.45, 2.75) is 25.7 Å². The molecule has 1 saturated heterocycles. The highest BCUT2D eigenvalue weighted by atomic mass is 32.2. The Morgan fingerprint density at radius 2 is 1.87 bits per heavy atom. The Balaban J connectivity index is 1.63. The second kappa shape index (κ2) is 8.38. The van der Waals surface area contributed by atoms with Crippen molar-refractivity contribution in [3.05, 3.63) is 46.7 Å². The minimum atomic E-state index is -3.60. The molecule has 10 heteroatoms. The van der Waals surface area contributed by atoms with Crippen molar-refractivity contribution in [2.75, 3.05) is 31.6 Å². The van der Waals surface area contributed by atoms with Gasteiger partial charge in [-0.3, -0.25) is 0 Å². The van der Waals surface area contributed by atoms with Crippen LogP contribution in [0.2, 0.25) is 0 Å². The number of hydrogen-bond acceptors (Lipinski definition) is 8. The van der Waals surface area contributed by atoms with Gasteiger partial charge in [-0.1, -0.05) is 6.07 Å². The van der Waals surface area contributed by atoms with Gasteiger partial charge in [-0.25, -0.2) is 23.4 Å². The molecular weight excluding hydrogens is 422 g/mol. The third-order valence-corrected chi connectivity index (χ3v) is 7.96. The first-order chi connectivity index (χ1) is 14.3. The number of anilines is 2. The Labute approximate surface area is 180 Å². The average Bonchev–Trinajstić information content (AvgIpc) is 3.08. The molecule has 1 aromatic carbocycles. The fourth-order valence-electron chi connectivity index (χ4n) is 3.33. The molecule has 1 N–H and O–H groups in total. The molecule has 30 heavy (non-hydrogen) atoms. The lowest BCUT2D eigenvalue weighted by atomic mass is 10.2. The lowest BCUT2D eigenvalue weighted by Gasteiger charge is -2.26. The fraction of sp³-hybridized carbons (Fsp3) is 0.350. The van der Waals surface area contributed by atoms with E-state index in [2.05, 4.69) is 20.3 Å². The molecule has 0 saturated carbocycles. The zero-order chi connectivity index (χ0) is 21.3. The zero-order valence-electron chi connectivity index (χ0n) is 17.0. The van der Waals surface area contributed by atoms with Crippen LogP contribution in [0, 0.1) is 20.8 Å². The van der Waals surface area contributed by atoms with Crippen LogP contribution in [0.1, 0.15) is 16.3 Å². The lowest BCUT2D eigenvalue weighted by Crippen LogP contribution is -2.40. The molecule has 0 amide bonds. The number of ether oxygens (including phenoxy) is 1. The topological polar surface area (TPSA) is 97.3 Å². The van der Waals surface area contributed by atoms with E-state index in [-0.39, 0.29) is 4.90 Å². The van der Waals surface area contributed by atoms with E-state index in [1.807, 2.05) is 26.0 Å². The number of thiazole rings is 1. The largest absolute Gasteiger partial charge is 0.379 e. The van der Waals surface area contributed by atoms with Crippen LogP contribution in [0.25, 0.3) is 10.6 Å². The molecule has 3 heterocycles.